The van der Waals surface area contributed by atoms with Gasteiger partial charge in [0, 0.05) is 57.9 Å². The van der Waals surface area contributed by atoms with Gasteiger partial charge in [0.1, 0.15) is 0 Å². The molecule has 0 unspecified atom stereocenters. The highest BCUT2D eigenvalue weighted by Crippen LogP contribution is 2.23. The van der Waals surface area contributed by atoms with E-state index in [-0.39, 0.29) is 0 Å². The van der Waals surface area contributed by atoms with Crippen molar-refractivity contribution in [2.75, 3.05) is 51.0 Å². The molecule has 5 heteroatoms. The summed E-state index contributed by atoms with van der Waals surface area (Å²) in [5.41, 5.74) is 1.93. The molecule has 0 atom stereocenters. The molecule has 22 heavy (non-hydrogen) atoms. The van der Waals surface area contributed by atoms with Crippen molar-refractivity contribution in [3.8, 4) is 0 Å². The van der Waals surface area contributed by atoms with Gasteiger partial charge in [-0.25, -0.2) is 0 Å². The van der Waals surface area contributed by atoms with Gasteiger partial charge in [0.2, 0.25) is 0 Å². The number of rotatable bonds is 5. The van der Waals surface area contributed by atoms with Crippen LogP contribution in [0.4, 0.5) is 5.69 Å². The molecule has 5 nitrogen and oxygen atoms in total. The molecule has 0 radical (unpaired) electrons. The summed E-state index contributed by atoms with van der Waals surface area (Å²) in [6.45, 7) is 6.18. The van der Waals surface area contributed by atoms with E-state index in [1.54, 1.807) is 0 Å². The van der Waals surface area contributed by atoms with Crippen LogP contribution in [0, 0.1) is 0 Å². The number of benzene rings is 1. The van der Waals surface area contributed by atoms with Gasteiger partial charge < -0.3 is 24.8 Å². The van der Waals surface area contributed by atoms with Gasteiger partial charge in [-0.3, -0.25) is 0 Å². The van der Waals surface area contributed by atoms with Crippen LogP contribution in [0.1, 0.15) is 18.4 Å². The molecule has 2 heterocycles. The summed E-state index contributed by atoms with van der Waals surface area (Å²) >= 11 is 0. The zero-order valence-corrected chi connectivity index (χ0v) is 13.1. The molecular weight excluding hydrogens is 280 g/mol. The summed E-state index contributed by atoms with van der Waals surface area (Å²) in [7, 11) is 0. The average Bonchev–Trinajstić information content (AvgIpc) is 2.57. The number of anilines is 1. The topological polar surface area (TPSA) is 54.0 Å². The van der Waals surface area contributed by atoms with Crippen molar-refractivity contribution in [3.05, 3.63) is 29.8 Å². The largest absolute Gasteiger partial charge is 0.388 e. The lowest BCUT2D eigenvalue weighted by Gasteiger charge is -2.33. The first kappa shape index (κ1) is 15.7. The third-order valence-corrected chi connectivity index (χ3v) is 4.54. The molecule has 0 saturated carbocycles. The van der Waals surface area contributed by atoms with Crippen molar-refractivity contribution < 1.29 is 14.6 Å². The first-order valence-corrected chi connectivity index (χ1v) is 8.18. The smallest absolute Gasteiger partial charge is 0.0815 e. The lowest BCUT2D eigenvalue weighted by Crippen LogP contribution is -2.45. The van der Waals surface area contributed by atoms with E-state index in [0.717, 1.165) is 32.8 Å². The molecule has 0 bridgehead atoms. The van der Waals surface area contributed by atoms with Crippen LogP contribution in [0.5, 0.6) is 0 Å². The lowest BCUT2D eigenvalue weighted by molar-refractivity contribution is -0.0616. The van der Waals surface area contributed by atoms with E-state index in [1.807, 2.05) is 0 Å². The Morgan fingerprint density at radius 1 is 1.05 bits per heavy atom. The fourth-order valence-corrected chi connectivity index (χ4v) is 3.13. The number of nitrogens with one attached hydrogen (secondary N) is 1. The Morgan fingerprint density at radius 2 is 1.73 bits per heavy atom. The number of ether oxygens (including phenoxy) is 2. The molecule has 2 aliphatic rings. The van der Waals surface area contributed by atoms with Crippen LogP contribution in [-0.4, -0.2) is 56.8 Å². The molecule has 1 aromatic rings. The summed E-state index contributed by atoms with van der Waals surface area (Å²) in [6, 6.07) is 8.49. The lowest BCUT2D eigenvalue weighted by atomic mass is 9.94. The van der Waals surface area contributed by atoms with Gasteiger partial charge in [-0.15, -0.1) is 0 Å². The molecule has 0 aromatic heterocycles. The third-order valence-electron chi connectivity index (χ3n) is 4.54. The van der Waals surface area contributed by atoms with E-state index in [1.165, 1.54) is 11.3 Å². The van der Waals surface area contributed by atoms with E-state index in [9.17, 15) is 5.11 Å². The quantitative estimate of drug-likeness (QED) is 0.855. The first-order chi connectivity index (χ1) is 10.8. The van der Waals surface area contributed by atoms with Crippen molar-refractivity contribution >= 4 is 5.69 Å². The second-order valence-electron chi connectivity index (χ2n) is 6.17. The second kappa shape index (κ2) is 7.42. The molecule has 2 fully saturated rings. The van der Waals surface area contributed by atoms with Gasteiger partial charge in [-0.1, -0.05) is 18.2 Å². The highest BCUT2D eigenvalue weighted by atomic mass is 16.5. The minimum absolute atomic E-state index is 0.619. The molecule has 122 valence electrons. The standard InChI is InChI=1S/C17H26N2O3/c20-17(5-9-21-10-6-17)14-18-13-15-3-1-2-4-16(15)19-7-11-22-12-8-19/h1-4,18,20H,5-14H2. The molecule has 3 rings (SSSR count). The Morgan fingerprint density at radius 3 is 2.50 bits per heavy atom. The zero-order chi connectivity index (χ0) is 15.3. The molecule has 0 amide bonds. The van der Waals surface area contributed by atoms with Crippen molar-refractivity contribution in [2.24, 2.45) is 0 Å². The van der Waals surface area contributed by atoms with Crippen LogP contribution in [0.2, 0.25) is 0 Å². The molecule has 1 aromatic carbocycles. The Labute approximate surface area is 132 Å². The predicted octanol–water partition coefficient (Wildman–Crippen LogP) is 1.15. The number of hydrogen-bond donors (Lipinski definition) is 2. The van der Waals surface area contributed by atoms with Crippen molar-refractivity contribution in [1.29, 1.82) is 0 Å². The minimum Gasteiger partial charge on any atom is -0.388 e. The number of hydrogen-bond acceptors (Lipinski definition) is 5. The van der Waals surface area contributed by atoms with Crippen LogP contribution < -0.4 is 10.2 Å². The van der Waals surface area contributed by atoms with Gasteiger partial charge in [0.25, 0.3) is 0 Å². The fraction of sp³-hybridized carbons (Fsp3) is 0.647. The third kappa shape index (κ3) is 3.98. The predicted molar refractivity (Wildman–Crippen MR) is 86.2 cm³/mol. The van der Waals surface area contributed by atoms with Gasteiger partial charge in [-0.05, 0) is 11.6 Å². The molecule has 2 aliphatic heterocycles. The van der Waals surface area contributed by atoms with Crippen LogP contribution >= 0.6 is 0 Å². The number of aliphatic hydroxyl groups is 1. The molecule has 0 aliphatic carbocycles. The van der Waals surface area contributed by atoms with E-state index in [0.29, 0.717) is 32.6 Å². The molecule has 0 spiro atoms. The summed E-state index contributed by atoms with van der Waals surface area (Å²) < 4.78 is 10.8. The zero-order valence-electron chi connectivity index (χ0n) is 13.1. The first-order valence-electron chi connectivity index (χ1n) is 8.18. The number of para-hydroxylation sites is 1. The van der Waals surface area contributed by atoms with Gasteiger partial charge in [0.05, 0.1) is 18.8 Å². The molecular formula is C17H26N2O3. The van der Waals surface area contributed by atoms with Gasteiger partial charge in [-0.2, -0.15) is 0 Å². The fourth-order valence-electron chi connectivity index (χ4n) is 3.13. The van der Waals surface area contributed by atoms with Crippen molar-refractivity contribution in [3.63, 3.8) is 0 Å². The van der Waals surface area contributed by atoms with Crippen LogP contribution in [-0.2, 0) is 16.0 Å². The van der Waals surface area contributed by atoms with Crippen LogP contribution in [0.25, 0.3) is 0 Å². The number of morpholine rings is 1. The van der Waals surface area contributed by atoms with Crippen molar-refractivity contribution in [2.45, 2.75) is 25.0 Å². The maximum Gasteiger partial charge on any atom is 0.0815 e. The normalized spacial score (nSPS) is 21.8. The highest BCUT2D eigenvalue weighted by molar-refractivity contribution is 5.53. The Bertz CT molecular complexity index is 469. The Kier molecular flexibility index (Phi) is 5.31. The van der Waals surface area contributed by atoms with E-state index < -0.39 is 5.60 Å². The van der Waals surface area contributed by atoms with Gasteiger partial charge >= 0.3 is 0 Å². The van der Waals surface area contributed by atoms with Crippen LogP contribution in [0.3, 0.4) is 0 Å². The second-order valence-corrected chi connectivity index (χ2v) is 6.17. The van der Waals surface area contributed by atoms with E-state index in [2.05, 4.69) is 34.5 Å². The Balaban J connectivity index is 1.57. The maximum absolute atomic E-state index is 10.5. The monoisotopic (exact) mass is 306 g/mol. The maximum atomic E-state index is 10.5. The highest BCUT2D eigenvalue weighted by Gasteiger charge is 2.29. The number of nitrogens with zero attached hydrogens (tertiary/aromatic N) is 1. The summed E-state index contributed by atoms with van der Waals surface area (Å²) in [5, 5.41) is 13.9. The summed E-state index contributed by atoms with van der Waals surface area (Å²) in [5.74, 6) is 0. The summed E-state index contributed by atoms with van der Waals surface area (Å²) in [4.78, 5) is 2.38. The SMILES string of the molecule is OC1(CNCc2ccccc2N2CCOCC2)CCOCC1. The van der Waals surface area contributed by atoms with Gasteiger partial charge in [0.15, 0.2) is 0 Å². The summed E-state index contributed by atoms with van der Waals surface area (Å²) in [6.07, 6.45) is 1.43. The van der Waals surface area contributed by atoms with Crippen molar-refractivity contribution in [1.82, 2.24) is 5.32 Å². The molecule has 2 saturated heterocycles. The van der Waals surface area contributed by atoms with E-state index in [4.69, 9.17) is 9.47 Å². The van der Waals surface area contributed by atoms with Crippen LogP contribution in [0.15, 0.2) is 24.3 Å². The molecule has 2 N–H and O–H groups in total. The average molecular weight is 306 g/mol. The Hall–Kier alpha value is -1.14. The van der Waals surface area contributed by atoms with E-state index >= 15 is 0 Å². The minimum atomic E-state index is -0.619.